The first kappa shape index (κ1) is 19.3. The van der Waals surface area contributed by atoms with Crippen LogP contribution in [0.3, 0.4) is 0 Å². The standard InChI is InChI=1S/C28H25NO3/c1-3-16-32-18-14-12-17(13-15-18)29-26(30)24-23-19-8-4-6-10-21(19)28(2,25(24)27(29)31)22-11-7-5-9-20(22)23/h4-15,23-25H,3,16H2,1-2H3. The van der Waals surface area contributed by atoms with Crippen LogP contribution in [-0.4, -0.2) is 18.4 Å². The minimum absolute atomic E-state index is 0.0946. The normalized spacial score (nSPS) is 27.2. The lowest BCUT2D eigenvalue weighted by molar-refractivity contribution is -0.123. The van der Waals surface area contributed by atoms with Gasteiger partial charge in [0.2, 0.25) is 11.8 Å². The molecular formula is C28H25NO3. The Morgan fingerprint density at radius 3 is 2.03 bits per heavy atom. The van der Waals surface area contributed by atoms with Crippen molar-refractivity contribution in [3.63, 3.8) is 0 Å². The summed E-state index contributed by atoms with van der Waals surface area (Å²) >= 11 is 0. The summed E-state index contributed by atoms with van der Waals surface area (Å²) in [4.78, 5) is 29.1. The van der Waals surface area contributed by atoms with Crippen molar-refractivity contribution < 1.29 is 14.3 Å². The van der Waals surface area contributed by atoms with Crippen LogP contribution in [0.5, 0.6) is 5.75 Å². The van der Waals surface area contributed by atoms with E-state index in [4.69, 9.17) is 4.74 Å². The largest absolute Gasteiger partial charge is 0.494 e. The molecule has 3 aromatic carbocycles. The van der Waals surface area contributed by atoms with Crippen LogP contribution < -0.4 is 9.64 Å². The molecule has 0 N–H and O–H groups in total. The van der Waals surface area contributed by atoms with Gasteiger partial charge < -0.3 is 4.74 Å². The molecular weight excluding hydrogens is 398 g/mol. The highest BCUT2D eigenvalue weighted by Gasteiger charge is 2.66. The Labute approximate surface area is 187 Å². The van der Waals surface area contributed by atoms with Crippen molar-refractivity contribution in [1.82, 2.24) is 0 Å². The number of ether oxygens (including phenoxy) is 1. The van der Waals surface area contributed by atoms with Crippen molar-refractivity contribution in [2.45, 2.75) is 31.6 Å². The minimum atomic E-state index is -0.529. The predicted molar refractivity (Wildman–Crippen MR) is 123 cm³/mol. The molecule has 4 nitrogen and oxygen atoms in total. The lowest BCUT2D eigenvalue weighted by Gasteiger charge is -2.52. The van der Waals surface area contributed by atoms with Crippen molar-refractivity contribution >= 4 is 17.5 Å². The van der Waals surface area contributed by atoms with Crippen LogP contribution in [0.1, 0.15) is 48.4 Å². The van der Waals surface area contributed by atoms with Gasteiger partial charge in [0.05, 0.1) is 24.1 Å². The van der Waals surface area contributed by atoms with Crippen LogP contribution in [-0.2, 0) is 15.0 Å². The van der Waals surface area contributed by atoms with E-state index in [0.717, 1.165) is 12.2 Å². The van der Waals surface area contributed by atoms with Crippen molar-refractivity contribution in [2.24, 2.45) is 11.8 Å². The average Bonchev–Trinajstić information content (AvgIpc) is 3.10. The fraction of sp³-hybridized carbons (Fsp3) is 0.286. The smallest absolute Gasteiger partial charge is 0.238 e. The summed E-state index contributed by atoms with van der Waals surface area (Å²) in [6.07, 6.45) is 0.926. The maximum atomic E-state index is 13.9. The number of anilines is 1. The molecule has 3 aliphatic carbocycles. The van der Waals surface area contributed by atoms with E-state index in [1.54, 1.807) is 0 Å². The van der Waals surface area contributed by atoms with Gasteiger partial charge in [-0.05, 0) is 52.9 Å². The summed E-state index contributed by atoms with van der Waals surface area (Å²) in [6, 6.07) is 24.0. The van der Waals surface area contributed by atoms with E-state index in [1.807, 2.05) is 48.5 Å². The van der Waals surface area contributed by atoms with E-state index >= 15 is 0 Å². The predicted octanol–water partition coefficient (Wildman–Crippen LogP) is 5.05. The van der Waals surface area contributed by atoms with E-state index in [9.17, 15) is 9.59 Å². The first-order valence-corrected chi connectivity index (χ1v) is 11.4. The number of benzene rings is 3. The number of nitrogens with zero attached hydrogens (tertiary/aromatic N) is 1. The molecule has 7 rings (SSSR count). The molecule has 1 aliphatic heterocycles. The summed E-state index contributed by atoms with van der Waals surface area (Å²) < 4.78 is 5.68. The zero-order valence-corrected chi connectivity index (χ0v) is 18.2. The molecule has 0 saturated carbocycles. The highest BCUT2D eigenvalue weighted by molar-refractivity contribution is 6.23. The molecule has 0 radical (unpaired) electrons. The Morgan fingerprint density at radius 2 is 1.44 bits per heavy atom. The molecule has 2 amide bonds. The summed E-state index contributed by atoms with van der Waals surface area (Å²) in [5.41, 5.74) is 4.81. The maximum absolute atomic E-state index is 13.9. The lowest BCUT2D eigenvalue weighted by atomic mass is 9.48. The van der Waals surface area contributed by atoms with Crippen LogP contribution in [0.2, 0.25) is 0 Å². The molecule has 3 aromatic rings. The number of carbonyl (C=O) groups excluding carboxylic acids is 2. The Bertz CT molecular complexity index is 1200. The first-order chi connectivity index (χ1) is 15.6. The minimum Gasteiger partial charge on any atom is -0.494 e. The number of rotatable bonds is 4. The van der Waals surface area contributed by atoms with Gasteiger partial charge in [-0.2, -0.15) is 0 Å². The van der Waals surface area contributed by atoms with Crippen molar-refractivity contribution in [2.75, 3.05) is 11.5 Å². The molecule has 0 aromatic heterocycles. The van der Waals surface area contributed by atoms with E-state index in [-0.39, 0.29) is 23.7 Å². The second-order valence-corrected chi connectivity index (χ2v) is 9.21. The zero-order valence-electron chi connectivity index (χ0n) is 18.2. The SMILES string of the molecule is CCCOc1ccc(N2C(=O)C3C4c5ccccc5C(C)(c5ccccc54)C3C2=O)cc1. The van der Waals surface area contributed by atoms with E-state index in [1.165, 1.54) is 27.2 Å². The van der Waals surface area contributed by atoms with Crippen molar-refractivity contribution in [3.8, 4) is 5.75 Å². The molecule has 1 heterocycles. The molecule has 1 saturated heterocycles. The summed E-state index contributed by atoms with van der Waals surface area (Å²) in [5.74, 6) is -0.322. The fourth-order valence-electron chi connectivity index (χ4n) is 6.32. The maximum Gasteiger partial charge on any atom is 0.238 e. The van der Waals surface area contributed by atoms with E-state index in [2.05, 4.69) is 38.1 Å². The third-order valence-electron chi connectivity index (χ3n) is 7.61. The van der Waals surface area contributed by atoms with Crippen molar-refractivity contribution in [3.05, 3.63) is 95.1 Å². The van der Waals surface area contributed by atoms with Gasteiger partial charge in [0.15, 0.2) is 0 Å². The highest BCUT2D eigenvalue weighted by atomic mass is 16.5. The van der Waals surface area contributed by atoms with Crippen LogP contribution in [0, 0.1) is 11.8 Å². The Hall–Kier alpha value is -3.40. The third-order valence-corrected chi connectivity index (χ3v) is 7.61. The van der Waals surface area contributed by atoms with Gasteiger partial charge in [-0.1, -0.05) is 62.4 Å². The van der Waals surface area contributed by atoms with Gasteiger partial charge in [0.25, 0.3) is 0 Å². The number of amides is 2. The molecule has 0 spiro atoms. The van der Waals surface area contributed by atoms with Crippen molar-refractivity contribution in [1.29, 1.82) is 0 Å². The van der Waals surface area contributed by atoms with Crippen LogP contribution in [0.25, 0.3) is 0 Å². The molecule has 1 fully saturated rings. The van der Waals surface area contributed by atoms with Gasteiger partial charge in [0.1, 0.15) is 5.75 Å². The summed E-state index contributed by atoms with van der Waals surface area (Å²) in [6.45, 7) is 4.85. The quantitative estimate of drug-likeness (QED) is 0.552. The topological polar surface area (TPSA) is 46.6 Å². The second-order valence-electron chi connectivity index (χ2n) is 9.21. The molecule has 4 aliphatic rings. The monoisotopic (exact) mass is 423 g/mol. The van der Waals surface area contributed by atoms with Gasteiger partial charge >= 0.3 is 0 Å². The third kappa shape index (κ3) is 2.32. The Morgan fingerprint density at radius 1 is 0.844 bits per heavy atom. The lowest BCUT2D eigenvalue weighted by Crippen LogP contribution is -2.51. The van der Waals surface area contributed by atoms with Crippen LogP contribution in [0.15, 0.2) is 72.8 Å². The molecule has 2 unspecified atom stereocenters. The average molecular weight is 424 g/mol. The summed E-state index contributed by atoms with van der Waals surface area (Å²) in [7, 11) is 0. The number of hydrogen-bond acceptors (Lipinski definition) is 3. The second kappa shape index (κ2) is 6.80. The summed E-state index contributed by atoms with van der Waals surface area (Å²) in [5, 5.41) is 0. The number of hydrogen-bond donors (Lipinski definition) is 0. The van der Waals surface area contributed by atoms with E-state index in [0.29, 0.717) is 12.3 Å². The molecule has 32 heavy (non-hydrogen) atoms. The van der Waals surface area contributed by atoms with Gasteiger partial charge in [-0.15, -0.1) is 0 Å². The van der Waals surface area contributed by atoms with Gasteiger partial charge in [0, 0.05) is 11.3 Å². The van der Waals surface area contributed by atoms with Gasteiger partial charge in [-0.25, -0.2) is 4.90 Å². The molecule has 2 atom stereocenters. The Balaban J connectivity index is 1.48. The molecule has 160 valence electrons. The van der Waals surface area contributed by atoms with Crippen LogP contribution >= 0.6 is 0 Å². The van der Waals surface area contributed by atoms with E-state index < -0.39 is 11.3 Å². The van der Waals surface area contributed by atoms with Crippen LogP contribution in [0.4, 0.5) is 5.69 Å². The zero-order chi connectivity index (χ0) is 22.0. The fourth-order valence-corrected chi connectivity index (χ4v) is 6.32. The van der Waals surface area contributed by atoms with Gasteiger partial charge in [-0.3, -0.25) is 9.59 Å². The number of imide groups is 1. The number of carbonyl (C=O) groups is 2. The first-order valence-electron chi connectivity index (χ1n) is 11.4. The molecule has 4 heteroatoms. The Kier molecular flexibility index (Phi) is 4.10. The highest BCUT2D eigenvalue weighted by Crippen LogP contribution is 2.64. The molecule has 2 bridgehead atoms.